The Bertz CT molecular complexity index is 319. The third kappa shape index (κ3) is 3.60. The SMILES string of the molecule is CC(O)CCN(C)C(=O)N1CC(C)C(C(=O)O)C1. The Morgan fingerprint density at radius 2 is 2.06 bits per heavy atom. The van der Waals surface area contributed by atoms with Crippen molar-refractivity contribution in [3.05, 3.63) is 0 Å². The second-order valence-electron chi connectivity index (χ2n) is 5.17. The number of carbonyl (C=O) groups is 2. The van der Waals surface area contributed by atoms with Crippen molar-refractivity contribution in [1.82, 2.24) is 9.80 Å². The fraction of sp³-hybridized carbons (Fsp3) is 0.833. The molecule has 0 spiro atoms. The zero-order chi connectivity index (χ0) is 13.9. The van der Waals surface area contributed by atoms with Crippen LogP contribution in [-0.4, -0.2) is 64.8 Å². The van der Waals surface area contributed by atoms with Gasteiger partial charge in [0.2, 0.25) is 0 Å². The van der Waals surface area contributed by atoms with Gasteiger partial charge in [-0.1, -0.05) is 6.92 Å². The monoisotopic (exact) mass is 258 g/mol. The molecule has 2 N–H and O–H groups in total. The summed E-state index contributed by atoms with van der Waals surface area (Å²) < 4.78 is 0. The first-order valence-corrected chi connectivity index (χ1v) is 6.23. The van der Waals surface area contributed by atoms with Crippen molar-refractivity contribution in [2.45, 2.75) is 26.4 Å². The number of nitrogens with zero attached hydrogens (tertiary/aromatic N) is 2. The minimum absolute atomic E-state index is 0.0170. The highest BCUT2D eigenvalue weighted by atomic mass is 16.4. The van der Waals surface area contributed by atoms with Gasteiger partial charge in [0.05, 0.1) is 12.0 Å². The van der Waals surface area contributed by atoms with Crippen LogP contribution >= 0.6 is 0 Å². The lowest BCUT2D eigenvalue weighted by Gasteiger charge is -2.25. The average molecular weight is 258 g/mol. The number of carboxylic acids is 1. The smallest absolute Gasteiger partial charge is 0.319 e. The highest BCUT2D eigenvalue weighted by Crippen LogP contribution is 2.23. The van der Waals surface area contributed by atoms with Crippen LogP contribution in [0.3, 0.4) is 0 Å². The molecule has 2 amide bonds. The summed E-state index contributed by atoms with van der Waals surface area (Å²) in [5, 5.41) is 18.2. The van der Waals surface area contributed by atoms with Crippen LogP contribution in [0.2, 0.25) is 0 Å². The number of aliphatic hydroxyl groups excluding tert-OH is 1. The third-order valence-corrected chi connectivity index (χ3v) is 3.41. The minimum Gasteiger partial charge on any atom is -0.481 e. The number of aliphatic hydroxyl groups is 1. The van der Waals surface area contributed by atoms with Crippen LogP contribution in [0.25, 0.3) is 0 Å². The van der Waals surface area contributed by atoms with Gasteiger partial charge < -0.3 is 20.0 Å². The maximum Gasteiger partial charge on any atom is 0.319 e. The first kappa shape index (κ1) is 14.8. The molecular weight excluding hydrogens is 236 g/mol. The van der Waals surface area contributed by atoms with Crippen molar-refractivity contribution in [2.75, 3.05) is 26.7 Å². The topological polar surface area (TPSA) is 81.1 Å². The van der Waals surface area contributed by atoms with Crippen molar-refractivity contribution in [3.8, 4) is 0 Å². The van der Waals surface area contributed by atoms with E-state index in [1.165, 1.54) is 4.90 Å². The summed E-state index contributed by atoms with van der Waals surface area (Å²) in [5.41, 5.74) is 0. The van der Waals surface area contributed by atoms with Crippen LogP contribution < -0.4 is 0 Å². The largest absolute Gasteiger partial charge is 0.481 e. The van der Waals surface area contributed by atoms with Crippen molar-refractivity contribution in [1.29, 1.82) is 0 Å². The van der Waals surface area contributed by atoms with Gasteiger partial charge in [0.15, 0.2) is 0 Å². The molecule has 1 fully saturated rings. The van der Waals surface area contributed by atoms with Gasteiger partial charge in [0.1, 0.15) is 0 Å². The zero-order valence-corrected chi connectivity index (χ0v) is 11.2. The number of aliphatic carboxylic acids is 1. The van der Waals surface area contributed by atoms with Crippen LogP contribution in [-0.2, 0) is 4.79 Å². The first-order valence-electron chi connectivity index (χ1n) is 6.23. The Morgan fingerprint density at radius 1 is 1.44 bits per heavy atom. The second kappa shape index (κ2) is 6.04. The molecule has 0 aromatic rings. The molecule has 0 saturated carbocycles. The lowest BCUT2D eigenvalue weighted by molar-refractivity contribution is -0.142. The quantitative estimate of drug-likeness (QED) is 0.767. The number of urea groups is 1. The van der Waals surface area contributed by atoms with Gasteiger partial charge in [-0.15, -0.1) is 0 Å². The predicted octanol–water partition coefficient (Wildman–Crippen LogP) is 0.462. The molecule has 3 atom stereocenters. The Balaban J connectivity index is 2.50. The first-order chi connectivity index (χ1) is 8.32. The molecule has 1 aliphatic heterocycles. The zero-order valence-electron chi connectivity index (χ0n) is 11.2. The number of carboxylic acid groups (broad SMARTS) is 1. The van der Waals surface area contributed by atoms with Crippen LogP contribution in [0.4, 0.5) is 4.79 Å². The summed E-state index contributed by atoms with van der Waals surface area (Å²) in [7, 11) is 1.67. The number of hydrogen-bond donors (Lipinski definition) is 2. The predicted molar refractivity (Wildman–Crippen MR) is 66.2 cm³/mol. The normalized spacial score (nSPS) is 25.0. The summed E-state index contributed by atoms with van der Waals surface area (Å²) in [5.74, 6) is -1.33. The Hall–Kier alpha value is -1.30. The molecule has 1 heterocycles. The number of hydrogen-bond acceptors (Lipinski definition) is 3. The van der Waals surface area contributed by atoms with Gasteiger partial charge in [-0.05, 0) is 19.3 Å². The molecular formula is C12H22N2O4. The number of rotatable bonds is 4. The highest BCUT2D eigenvalue weighted by molar-refractivity contribution is 5.77. The molecule has 0 aliphatic carbocycles. The molecule has 6 heteroatoms. The second-order valence-corrected chi connectivity index (χ2v) is 5.17. The summed E-state index contributed by atoms with van der Waals surface area (Å²) >= 11 is 0. The standard InChI is InChI=1S/C12H22N2O4/c1-8-6-14(7-10(8)11(16)17)12(18)13(3)5-4-9(2)15/h8-10,15H,4-7H2,1-3H3,(H,16,17). The average Bonchev–Trinajstić information content (AvgIpc) is 2.67. The van der Waals surface area contributed by atoms with Crippen LogP contribution in [0.15, 0.2) is 0 Å². The molecule has 0 radical (unpaired) electrons. The molecule has 3 unspecified atom stereocenters. The van der Waals surface area contributed by atoms with Crippen molar-refractivity contribution in [3.63, 3.8) is 0 Å². The fourth-order valence-electron chi connectivity index (χ4n) is 2.16. The van der Waals surface area contributed by atoms with E-state index in [0.29, 0.717) is 19.5 Å². The Morgan fingerprint density at radius 3 is 2.50 bits per heavy atom. The van der Waals surface area contributed by atoms with Crippen LogP contribution in [0.1, 0.15) is 20.3 Å². The van der Waals surface area contributed by atoms with Crippen molar-refractivity contribution >= 4 is 12.0 Å². The van der Waals surface area contributed by atoms with Crippen molar-refractivity contribution in [2.24, 2.45) is 11.8 Å². The van der Waals surface area contributed by atoms with E-state index in [2.05, 4.69) is 0 Å². The Kier molecular flexibility index (Phi) is 4.95. The molecule has 0 bridgehead atoms. The molecule has 18 heavy (non-hydrogen) atoms. The highest BCUT2D eigenvalue weighted by Gasteiger charge is 2.37. The van der Waals surface area contributed by atoms with E-state index < -0.39 is 18.0 Å². The van der Waals surface area contributed by atoms with Crippen molar-refractivity contribution < 1.29 is 19.8 Å². The molecule has 6 nitrogen and oxygen atoms in total. The van der Waals surface area contributed by atoms with E-state index in [1.807, 2.05) is 6.92 Å². The van der Waals surface area contributed by atoms with E-state index >= 15 is 0 Å². The summed E-state index contributed by atoms with van der Waals surface area (Å²) in [6.07, 6.45) is 0.0816. The summed E-state index contributed by atoms with van der Waals surface area (Å²) in [6, 6.07) is -0.161. The number of amides is 2. The number of likely N-dealkylation sites (tertiary alicyclic amines) is 1. The van der Waals surface area contributed by atoms with E-state index in [4.69, 9.17) is 5.11 Å². The molecule has 1 rings (SSSR count). The maximum absolute atomic E-state index is 12.0. The van der Waals surface area contributed by atoms with Crippen LogP contribution in [0.5, 0.6) is 0 Å². The van der Waals surface area contributed by atoms with Gasteiger partial charge in [0.25, 0.3) is 0 Å². The van der Waals surface area contributed by atoms with E-state index in [9.17, 15) is 14.7 Å². The molecule has 0 aromatic carbocycles. The summed E-state index contributed by atoms with van der Waals surface area (Å²) in [6.45, 7) is 4.75. The van der Waals surface area contributed by atoms with Gasteiger partial charge in [0, 0.05) is 26.7 Å². The fourth-order valence-corrected chi connectivity index (χ4v) is 2.16. The van der Waals surface area contributed by atoms with Gasteiger partial charge >= 0.3 is 12.0 Å². The van der Waals surface area contributed by atoms with Gasteiger partial charge in [-0.25, -0.2) is 4.79 Å². The Labute approximate surface area is 107 Å². The third-order valence-electron chi connectivity index (χ3n) is 3.41. The lowest BCUT2D eigenvalue weighted by atomic mass is 9.99. The number of carbonyl (C=O) groups excluding carboxylic acids is 1. The maximum atomic E-state index is 12.0. The van der Waals surface area contributed by atoms with E-state index in [0.717, 1.165) is 0 Å². The molecule has 1 saturated heterocycles. The van der Waals surface area contributed by atoms with Crippen LogP contribution in [0, 0.1) is 11.8 Å². The molecule has 0 aromatic heterocycles. The summed E-state index contributed by atoms with van der Waals surface area (Å²) in [4.78, 5) is 26.1. The van der Waals surface area contributed by atoms with Gasteiger partial charge in [-0.3, -0.25) is 4.79 Å². The van der Waals surface area contributed by atoms with E-state index in [1.54, 1.807) is 18.9 Å². The minimum atomic E-state index is -0.843. The lowest BCUT2D eigenvalue weighted by Crippen LogP contribution is -2.41. The molecule has 1 aliphatic rings. The van der Waals surface area contributed by atoms with Gasteiger partial charge in [-0.2, -0.15) is 0 Å². The van der Waals surface area contributed by atoms with E-state index in [-0.39, 0.29) is 18.5 Å². The molecule has 104 valence electrons.